The Bertz CT molecular complexity index is 803. The van der Waals surface area contributed by atoms with Crippen LogP contribution in [0.3, 0.4) is 0 Å². The molecule has 0 N–H and O–H groups in total. The number of thioether (sulfide) groups is 1. The first-order valence-electron chi connectivity index (χ1n) is 8.85. The van der Waals surface area contributed by atoms with Gasteiger partial charge in [0.25, 0.3) is 11.1 Å². The molecule has 26 heavy (non-hydrogen) atoms. The molecule has 2 amide bonds. The SMILES string of the molecule is CCCC=C1SC(=O)N(CCCCCc2cccc3nccn23)C1=O.Cl. The highest BCUT2D eigenvalue weighted by molar-refractivity contribution is 8.18. The number of rotatable bonds is 8. The molecule has 2 aromatic rings. The number of unbranched alkanes of at least 4 members (excludes halogenated alkanes) is 3. The minimum absolute atomic E-state index is 0. The lowest BCUT2D eigenvalue weighted by Crippen LogP contribution is -2.29. The van der Waals surface area contributed by atoms with Gasteiger partial charge in [0.15, 0.2) is 0 Å². The van der Waals surface area contributed by atoms with Crippen LogP contribution in [-0.4, -0.2) is 32.0 Å². The van der Waals surface area contributed by atoms with Crippen molar-refractivity contribution in [3.8, 4) is 0 Å². The van der Waals surface area contributed by atoms with E-state index >= 15 is 0 Å². The number of nitrogens with zero attached hydrogens (tertiary/aromatic N) is 3. The second-order valence-electron chi connectivity index (χ2n) is 6.17. The molecule has 0 aliphatic carbocycles. The number of carbonyl (C=O) groups excluding carboxylic acids is 2. The standard InChI is InChI=1S/C19H23N3O2S.ClH/c1-2-3-10-16-18(23)22(19(24)25-16)13-6-4-5-8-15-9-7-11-17-20-12-14-21(15)17;/h7,9-12,14H,2-6,8,13H2,1H3;1H. The zero-order chi connectivity index (χ0) is 17.6. The van der Waals surface area contributed by atoms with Crippen LogP contribution in [0.5, 0.6) is 0 Å². The number of aryl methyl sites for hydroxylation is 1. The number of hydrogen-bond acceptors (Lipinski definition) is 4. The second kappa shape index (κ2) is 9.78. The third kappa shape index (κ3) is 4.68. The maximum Gasteiger partial charge on any atom is 0.293 e. The summed E-state index contributed by atoms with van der Waals surface area (Å²) >= 11 is 1.07. The Kier molecular flexibility index (Phi) is 7.72. The molecule has 7 heteroatoms. The maximum atomic E-state index is 12.2. The Morgan fingerprint density at radius 3 is 2.85 bits per heavy atom. The lowest BCUT2D eigenvalue weighted by atomic mass is 10.1. The monoisotopic (exact) mass is 393 g/mol. The number of allylic oxidation sites excluding steroid dienone is 1. The number of halogens is 1. The summed E-state index contributed by atoms with van der Waals surface area (Å²) in [5.74, 6) is -0.119. The highest BCUT2D eigenvalue weighted by Crippen LogP contribution is 2.31. The van der Waals surface area contributed by atoms with Crippen molar-refractivity contribution in [2.45, 2.75) is 45.4 Å². The van der Waals surface area contributed by atoms with E-state index in [1.165, 1.54) is 10.6 Å². The topological polar surface area (TPSA) is 54.7 Å². The zero-order valence-electron chi connectivity index (χ0n) is 14.9. The number of pyridine rings is 1. The van der Waals surface area contributed by atoms with Gasteiger partial charge in [0.1, 0.15) is 5.65 Å². The first-order valence-corrected chi connectivity index (χ1v) is 9.67. The highest BCUT2D eigenvalue weighted by atomic mass is 35.5. The van der Waals surface area contributed by atoms with Gasteiger partial charge in [-0.05, 0) is 49.6 Å². The van der Waals surface area contributed by atoms with Crippen LogP contribution < -0.4 is 0 Å². The number of amides is 2. The lowest BCUT2D eigenvalue weighted by Gasteiger charge is -2.12. The molecule has 0 radical (unpaired) electrons. The fourth-order valence-electron chi connectivity index (χ4n) is 2.97. The molecular formula is C19H24ClN3O2S. The van der Waals surface area contributed by atoms with Crippen LogP contribution in [-0.2, 0) is 11.2 Å². The first kappa shape index (κ1) is 20.5. The number of imidazole rings is 1. The summed E-state index contributed by atoms with van der Waals surface area (Å²) in [4.78, 5) is 30.5. The molecule has 140 valence electrons. The Labute approximate surface area is 164 Å². The zero-order valence-corrected chi connectivity index (χ0v) is 16.5. The average molecular weight is 394 g/mol. The molecule has 0 aromatic carbocycles. The fraction of sp³-hybridized carbons (Fsp3) is 0.421. The Balaban J connectivity index is 0.00000243. The molecule has 0 spiro atoms. The van der Waals surface area contributed by atoms with Gasteiger partial charge in [-0.2, -0.15) is 0 Å². The van der Waals surface area contributed by atoms with E-state index in [1.54, 1.807) is 0 Å². The molecule has 0 bridgehead atoms. The Morgan fingerprint density at radius 1 is 1.19 bits per heavy atom. The van der Waals surface area contributed by atoms with Crippen LogP contribution in [0.25, 0.3) is 5.65 Å². The maximum absolute atomic E-state index is 12.2. The van der Waals surface area contributed by atoms with Crippen molar-refractivity contribution >= 4 is 41.0 Å². The van der Waals surface area contributed by atoms with Crippen molar-refractivity contribution in [3.63, 3.8) is 0 Å². The van der Waals surface area contributed by atoms with Crippen molar-refractivity contribution in [2.24, 2.45) is 0 Å². The van der Waals surface area contributed by atoms with Gasteiger partial charge in [-0.15, -0.1) is 12.4 Å². The molecule has 5 nitrogen and oxygen atoms in total. The lowest BCUT2D eigenvalue weighted by molar-refractivity contribution is -0.122. The average Bonchev–Trinajstić information content (AvgIpc) is 3.19. The van der Waals surface area contributed by atoms with Crippen LogP contribution >= 0.6 is 24.2 Å². The van der Waals surface area contributed by atoms with Crippen molar-refractivity contribution < 1.29 is 9.59 Å². The van der Waals surface area contributed by atoms with E-state index in [9.17, 15) is 9.59 Å². The predicted molar refractivity (Wildman–Crippen MR) is 108 cm³/mol. The summed E-state index contributed by atoms with van der Waals surface area (Å²) in [5.41, 5.74) is 2.21. The van der Waals surface area contributed by atoms with E-state index < -0.39 is 0 Å². The molecule has 1 saturated heterocycles. The number of fused-ring (bicyclic) bond motifs is 1. The summed E-state index contributed by atoms with van der Waals surface area (Å²) in [6.07, 6.45) is 11.3. The molecule has 0 saturated carbocycles. The Morgan fingerprint density at radius 2 is 2.04 bits per heavy atom. The van der Waals surface area contributed by atoms with Gasteiger partial charge in [0, 0.05) is 24.6 Å². The number of carbonyl (C=O) groups is 2. The number of hydrogen-bond donors (Lipinski definition) is 0. The molecule has 2 aromatic heterocycles. The predicted octanol–water partition coefficient (Wildman–Crippen LogP) is 4.85. The molecule has 1 aliphatic heterocycles. The van der Waals surface area contributed by atoms with Gasteiger partial charge in [-0.1, -0.05) is 31.9 Å². The molecule has 0 unspecified atom stereocenters. The smallest absolute Gasteiger partial charge is 0.293 e. The van der Waals surface area contributed by atoms with E-state index in [4.69, 9.17) is 0 Å². The van der Waals surface area contributed by atoms with Gasteiger partial charge in [0.05, 0.1) is 4.91 Å². The molecule has 1 fully saturated rings. The van der Waals surface area contributed by atoms with Gasteiger partial charge >= 0.3 is 0 Å². The summed E-state index contributed by atoms with van der Waals surface area (Å²) in [7, 11) is 0. The van der Waals surface area contributed by atoms with Crippen LogP contribution in [0, 0.1) is 0 Å². The van der Waals surface area contributed by atoms with Crippen LogP contribution in [0.1, 0.15) is 44.7 Å². The van der Waals surface area contributed by atoms with E-state index in [1.807, 2.05) is 30.6 Å². The molecule has 1 aliphatic rings. The largest absolute Gasteiger partial charge is 0.304 e. The fourth-order valence-corrected chi connectivity index (χ4v) is 3.84. The third-order valence-electron chi connectivity index (χ3n) is 4.32. The normalized spacial score (nSPS) is 15.9. The van der Waals surface area contributed by atoms with Crippen molar-refractivity contribution in [2.75, 3.05) is 6.54 Å². The van der Waals surface area contributed by atoms with E-state index in [2.05, 4.69) is 22.4 Å². The first-order chi connectivity index (χ1) is 12.2. The van der Waals surface area contributed by atoms with Gasteiger partial charge < -0.3 is 4.40 Å². The van der Waals surface area contributed by atoms with Crippen molar-refractivity contribution in [3.05, 3.63) is 47.3 Å². The van der Waals surface area contributed by atoms with Crippen molar-refractivity contribution in [1.29, 1.82) is 0 Å². The highest BCUT2D eigenvalue weighted by Gasteiger charge is 2.34. The molecule has 0 atom stereocenters. The number of imide groups is 1. The van der Waals surface area contributed by atoms with Gasteiger partial charge in [-0.25, -0.2) is 4.98 Å². The van der Waals surface area contributed by atoms with Crippen LogP contribution in [0.4, 0.5) is 4.79 Å². The van der Waals surface area contributed by atoms with E-state index in [0.717, 1.165) is 55.9 Å². The molecule has 3 heterocycles. The summed E-state index contributed by atoms with van der Waals surface area (Å²) in [6.45, 7) is 2.58. The summed E-state index contributed by atoms with van der Waals surface area (Å²) in [5, 5.41) is -0.129. The second-order valence-corrected chi connectivity index (χ2v) is 7.16. The molecule has 3 rings (SSSR count). The van der Waals surface area contributed by atoms with Crippen molar-refractivity contribution in [1.82, 2.24) is 14.3 Å². The van der Waals surface area contributed by atoms with Crippen LogP contribution in [0.15, 0.2) is 41.6 Å². The van der Waals surface area contributed by atoms with E-state index in [-0.39, 0.29) is 23.6 Å². The van der Waals surface area contributed by atoms with Gasteiger partial charge in [0.2, 0.25) is 0 Å². The van der Waals surface area contributed by atoms with E-state index in [0.29, 0.717) is 11.4 Å². The molecular weight excluding hydrogens is 370 g/mol. The third-order valence-corrected chi connectivity index (χ3v) is 5.28. The minimum Gasteiger partial charge on any atom is -0.304 e. The summed E-state index contributed by atoms with van der Waals surface area (Å²) < 4.78 is 2.11. The Hall–Kier alpha value is -1.79. The van der Waals surface area contributed by atoms with Crippen LogP contribution in [0.2, 0.25) is 0 Å². The number of aromatic nitrogens is 2. The minimum atomic E-state index is -0.129. The quantitative estimate of drug-likeness (QED) is 0.475. The summed E-state index contributed by atoms with van der Waals surface area (Å²) in [6, 6.07) is 6.14. The van der Waals surface area contributed by atoms with Gasteiger partial charge in [-0.3, -0.25) is 14.5 Å².